The number of aliphatic hydroxyl groups excluding tert-OH is 1. The highest BCUT2D eigenvalue weighted by atomic mass is 79.9. The minimum atomic E-state index is -3.80. The summed E-state index contributed by atoms with van der Waals surface area (Å²) in [5.74, 6) is -0.399. The Morgan fingerprint density at radius 2 is 1.75 bits per heavy atom. The summed E-state index contributed by atoms with van der Waals surface area (Å²) >= 11 is 3.20. The first-order valence-corrected chi connectivity index (χ1v) is 7.89. The van der Waals surface area contributed by atoms with Crippen LogP contribution in [0.5, 0.6) is 0 Å². The Morgan fingerprint density at radius 1 is 1.15 bits per heavy atom. The molecule has 2 aromatic carbocycles. The number of primary sulfonamides is 1. The second-order valence-corrected chi connectivity index (χ2v) is 6.60. The van der Waals surface area contributed by atoms with E-state index in [9.17, 15) is 17.9 Å². The third kappa shape index (κ3) is 3.24. The summed E-state index contributed by atoms with van der Waals surface area (Å²) in [4.78, 5) is -0.0561. The average molecular weight is 360 g/mol. The molecule has 0 saturated heterocycles. The third-order valence-corrected chi connectivity index (χ3v) is 4.38. The van der Waals surface area contributed by atoms with E-state index in [-0.39, 0.29) is 4.90 Å². The molecule has 2 aromatic rings. The Labute approximate surface area is 124 Å². The summed E-state index contributed by atoms with van der Waals surface area (Å²) in [6, 6.07) is 9.48. The van der Waals surface area contributed by atoms with Crippen molar-refractivity contribution in [1.29, 1.82) is 0 Å². The van der Waals surface area contributed by atoms with Crippen LogP contribution in [-0.4, -0.2) is 13.5 Å². The lowest BCUT2D eigenvalue weighted by Gasteiger charge is -2.14. The molecular formula is C13H11BrFNO3S. The molecule has 0 amide bonds. The van der Waals surface area contributed by atoms with Crippen molar-refractivity contribution < 1.29 is 17.9 Å². The van der Waals surface area contributed by atoms with Crippen LogP contribution in [0.1, 0.15) is 17.2 Å². The summed E-state index contributed by atoms with van der Waals surface area (Å²) in [7, 11) is -3.80. The quantitative estimate of drug-likeness (QED) is 0.882. The number of nitrogens with two attached hydrogens (primary N) is 1. The van der Waals surface area contributed by atoms with Crippen LogP contribution in [0, 0.1) is 5.82 Å². The van der Waals surface area contributed by atoms with E-state index >= 15 is 0 Å². The molecule has 2 rings (SSSR count). The van der Waals surface area contributed by atoms with Gasteiger partial charge in [-0.15, -0.1) is 0 Å². The van der Waals surface area contributed by atoms with E-state index in [4.69, 9.17) is 5.14 Å². The highest BCUT2D eigenvalue weighted by Gasteiger charge is 2.16. The van der Waals surface area contributed by atoms with Crippen LogP contribution in [0.15, 0.2) is 51.8 Å². The van der Waals surface area contributed by atoms with E-state index in [1.165, 1.54) is 42.5 Å². The van der Waals surface area contributed by atoms with E-state index in [2.05, 4.69) is 15.9 Å². The average Bonchev–Trinajstić information content (AvgIpc) is 2.37. The second-order valence-electron chi connectivity index (χ2n) is 4.18. The molecular weight excluding hydrogens is 349 g/mol. The Morgan fingerprint density at radius 3 is 2.25 bits per heavy atom. The van der Waals surface area contributed by atoms with Crippen LogP contribution in [-0.2, 0) is 10.0 Å². The summed E-state index contributed by atoms with van der Waals surface area (Å²) in [6.07, 6.45) is -1.00. The summed E-state index contributed by atoms with van der Waals surface area (Å²) < 4.78 is 35.7. The SMILES string of the molecule is NS(=O)(=O)c1ccc(C(O)c2ccc(F)cc2)c(Br)c1. The van der Waals surface area contributed by atoms with Crippen molar-refractivity contribution in [1.82, 2.24) is 0 Å². The normalized spacial score (nSPS) is 13.2. The van der Waals surface area contributed by atoms with Gasteiger partial charge in [-0.3, -0.25) is 0 Å². The lowest BCUT2D eigenvalue weighted by atomic mass is 10.0. The summed E-state index contributed by atoms with van der Waals surface area (Å²) in [5.41, 5.74) is 0.958. The number of hydrogen-bond donors (Lipinski definition) is 2. The lowest BCUT2D eigenvalue weighted by molar-refractivity contribution is 0.219. The standard InChI is InChI=1S/C13H11BrFNO3S/c14-12-7-10(20(16,18)19)5-6-11(12)13(17)8-1-3-9(15)4-2-8/h1-7,13,17H,(H2,16,18,19). The van der Waals surface area contributed by atoms with Gasteiger partial charge in [-0.25, -0.2) is 17.9 Å². The van der Waals surface area contributed by atoms with Crippen molar-refractivity contribution in [3.8, 4) is 0 Å². The number of sulfonamides is 1. The summed E-state index contributed by atoms with van der Waals surface area (Å²) in [5, 5.41) is 15.3. The predicted molar refractivity (Wildman–Crippen MR) is 76.0 cm³/mol. The Kier molecular flexibility index (Phi) is 4.24. The van der Waals surface area contributed by atoms with Gasteiger partial charge in [0.1, 0.15) is 11.9 Å². The van der Waals surface area contributed by atoms with Crippen molar-refractivity contribution in [3.05, 3.63) is 63.9 Å². The molecule has 0 aliphatic rings. The van der Waals surface area contributed by atoms with Gasteiger partial charge in [0.25, 0.3) is 0 Å². The highest BCUT2D eigenvalue weighted by Crippen LogP contribution is 2.30. The molecule has 0 spiro atoms. The minimum absolute atomic E-state index is 0.0561. The van der Waals surface area contributed by atoms with Crippen LogP contribution in [0.4, 0.5) is 4.39 Å². The Hall–Kier alpha value is -1.28. The number of aliphatic hydroxyl groups is 1. The van der Waals surface area contributed by atoms with Crippen LogP contribution in [0.3, 0.4) is 0 Å². The van der Waals surface area contributed by atoms with Gasteiger partial charge in [-0.2, -0.15) is 0 Å². The topological polar surface area (TPSA) is 80.4 Å². The van der Waals surface area contributed by atoms with Crippen molar-refractivity contribution >= 4 is 26.0 Å². The largest absolute Gasteiger partial charge is 0.384 e. The summed E-state index contributed by atoms with van der Waals surface area (Å²) in [6.45, 7) is 0. The Bertz CT molecular complexity index is 732. The molecule has 1 unspecified atom stereocenters. The number of benzene rings is 2. The van der Waals surface area contributed by atoms with Gasteiger partial charge >= 0.3 is 0 Å². The van der Waals surface area contributed by atoms with Gasteiger partial charge in [0.2, 0.25) is 10.0 Å². The predicted octanol–water partition coefficient (Wildman–Crippen LogP) is 2.32. The van der Waals surface area contributed by atoms with Gasteiger partial charge in [-0.05, 0) is 35.4 Å². The van der Waals surface area contributed by atoms with E-state index < -0.39 is 21.9 Å². The first-order chi connectivity index (χ1) is 9.29. The van der Waals surface area contributed by atoms with Crippen LogP contribution in [0.2, 0.25) is 0 Å². The molecule has 0 aliphatic heterocycles. The smallest absolute Gasteiger partial charge is 0.238 e. The molecule has 0 aromatic heterocycles. The maximum atomic E-state index is 12.8. The molecule has 0 heterocycles. The van der Waals surface area contributed by atoms with Gasteiger partial charge in [0, 0.05) is 4.47 Å². The molecule has 0 radical (unpaired) electrons. The van der Waals surface area contributed by atoms with Crippen LogP contribution >= 0.6 is 15.9 Å². The van der Waals surface area contributed by atoms with Gasteiger partial charge in [0.15, 0.2) is 0 Å². The first kappa shape index (κ1) is 15.1. The lowest BCUT2D eigenvalue weighted by Crippen LogP contribution is -2.12. The molecule has 7 heteroatoms. The molecule has 0 aliphatic carbocycles. The zero-order chi connectivity index (χ0) is 14.9. The maximum absolute atomic E-state index is 12.8. The van der Waals surface area contributed by atoms with Crippen molar-refractivity contribution in [2.75, 3.05) is 0 Å². The molecule has 0 fully saturated rings. The number of rotatable bonds is 3. The van der Waals surface area contributed by atoms with Crippen LogP contribution in [0.25, 0.3) is 0 Å². The van der Waals surface area contributed by atoms with Gasteiger partial charge < -0.3 is 5.11 Å². The van der Waals surface area contributed by atoms with E-state index in [0.717, 1.165) is 0 Å². The number of halogens is 2. The highest BCUT2D eigenvalue weighted by molar-refractivity contribution is 9.10. The zero-order valence-electron chi connectivity index (χ0n) is 10.1. The van der Waals surface area contributed by atoms with Gasteiger partial charge in [0.05, 0.1) is 4.90 Å². The molecule has 0 saturated carbocycles. The fourth-order valence-electron chi connectivity index (χ4n) is 1.73. The molecule has 4 nitrogen and oxygen atoms in total. The van der Waals surface area contributed by atoms with E-state index in [1.54, 1.807) is 0 Å². The number of hydrogen-bond acceptors (Lipinski definition) is 3. The maximum Gasteiger partial charge on any atom is 0.238 e. The zero-order valence-corrected chi connectivity index (χ0v) is 12.5. The van der Waals surface area contributed by atoms with Crippen molar-refractivity contribution in [2.45, 2.75) is 11.0 Å². The Balaban J connectivity index is 2.41. The van der Waals surface area contributed by atoms with E-state index in [0.29, 0.717) is 15.6 Å². The van der Waals surface area contributed by atoms with E-state index in [1.807, 2.05) is 0 Å². The van der Waals surface area contributed by atoms with Crippen LogP contribution < -0.4 is 5.14 Å². The van der Waals surface area contributed by atoms with Crippen molar-refractivity contribution in [2.24, 2.45) is 5.14 Å². The van der Waals surface area contributed by atoms with Gasteiger partial charge in [-0.1, -0.05) is 34.1 Å². The van der Waals surface area contributed by atoms with Crippen molar-refractivity contribution in [3.63, 3.8) is 0 Å². The molecule has 0 bridgehead atoms. The first-order valence-electron chi connectivity index (χ1n) is 5.55. The molecule has 20 heavy (non-hydrogen) atoms. The molecule has 3 N–H and O–H groups in total. The fraction of sp³-hybridized carbons (Fsp3) is 0.0769. The molecule has 1 atom stereocenters. The third-order valence-electron chi connectivity index (χ3n) is 2.78. The fourth-order valence-corrected chi connectivity index (χ4v) is 3.02. The minimum Gasteiger partial charge on any atom is -0.384 e. The molecule has 106 valence electrons. The monoisotopic (exact) mass is 359 g/mol. The second kappa shape index (κ2) is 5.61.